The zero-order chi connectivity index (χ0) is 18.5. The Labute approximate surface area is 152 Å². The van der Waals surface area contributed by atoms with Gasteiger partial charge in [0.2, 0.25) is 11.7 Å². The van der Waals surface area contributed by atoms with E-state index >= 15 is 0 Å². The Morgan fingerprint density at radius 1 is 1.19 bits per heavy atom. The minimum atomic E-state index is -0.166. The summed E-state index contributed by atoms with van der Waals surface area (Å²) in [5.74, 6) is 0.149. The molecule has 0 radical (unpaired) electrons. The number of tetrazole rings is 1. The first-order chi connectivity index (χ1) is 12.6. The van der Waals surface area contributed by atoms with Gasteiger partial charge in [-0.3, -0.25) is 9.59 Å². The van der Waals surface area contributed by atoms with Crippen LogP contribution in [0, 0.1) is 12.8 Å². The molecule has 8 nitrogen and oxygen atoms in total. The van der Waals surface area contributed by atoms with Crippen molar-refractivity contribution >= 4 is 11.9 Å². The molecule has 0 aliphatic carbocycles. The Balaban J connectivity index is 1.54. The van der Waals surface area contributed by atoms with Gasteiger partial charge in [-0.15, -0.1) is 10.2 Å². The predicted octanol–water partition coefficient (Wildman–Crippen LogP) is 1.45. The SMILES string of the molecule is CCOC(=O)C1CCN(C(=O)Cn2nnc(-c3ccc(C)cc3)n2)CC1. The molecule has 8 heteroatoms. The Morgan fingerprint density at radius 2 is 1.88 bits per heavy atom. The van der Waals surface area contributed by atoms with Crippen molar-refractivity contribution in [1.82, 2.24) is 25.1 Å². The van der Waals surface area contributed by atoms with Crippen molar-refractivity contribution in [2.75, 3.05) is 19.7 Å². The molecule has 0 spiro atoms. The van der Waals surface area contributed by atoms with Crippen molar-refractivity contribution in [2.45, 2.75) is 33.2 Å². The van der Waals surface area contributed by atoms with Crippen molar-refractivity contribution in [3.05, 3.63) is 29.8 Å². The molecule has 1 aliphatic rings. The van der Waals surface area contributed by atoms with E-state index in [0.29, 0.717) is 38.4 Å². The second-order valence-electron chi connectivity index (χ2n) is 6.42. The van der Waals surface area contributed by atoms with Crippen molar-refractivity contribution in [1.29, 1.82) is 0 Å². The molecule has 1 aromatic carbocycles. The smallest absolute Gasteiger partial charge is 0.309 e. The van der Waals surface area contributed by atoms with Gasteiger partial charge in [-0.25, -0.2) is 0 Å². The molecule has 2 aromatic rings. The fourth-order valence-electron chi connectivity index (χ4n) is 2.97. The van der Waals surface area contributed by atoms with Gasteiger partial charge in [0.1, 0.15) is 6.54 Å². The number of piperidine rings is 1. The Hall–Kier alpha value is -2.77. The van der Waals surface area contributed by atoms with Gasteiger partial charge in [-0.05, 0) is 31.9 Å². The molecular weight excluding hydrogens is 334 g/mol. The largest absolute Gasteiger partial charge is 0.466 e. The summed E-state index contributed by atoms with van der Waals surface area (Å²) < 4.78 is 5.05. The third-order valence-corrected chi connectivity index (χ3v) is 4.51. The van der Waals surface area contributed by atoms with Crippen molar-refractivity contribution in [3.63, 3.8) is 0 Å². The monoisotopic (exact) mass is 357 g/mol. The molecule has 0 unspecified atom stereocenters. The summed E-state index contributed by atoms with van der Waals surface area (Å²) in [4.78, 5) is 27.3. The van der Waals surface area contributed by atoms with Gasteiger partial charge < -0.3 is 9.64 Å². The normalized spacial score (nSPS) is 15.1. The topological polar surface area (TPSA) is 90.2 Å². The molecule has 0 N–H and O–H groups in total. The van der Waals surface area contributed by atoms with Crippen LogP contribution in [0.3, 0.4) is 0 Å². The summed E-state index contributed by atoms with van der Waals surface area (Å²) in [5, 5.41) is 12.3. The van der Waals surface area contributed by atoms with E-state index < -0.39 is 0 Å². The molecule has 2 heterocycles. The highest BCUT2D eigenvalue weighted by molar-refractivity contribution is 5.77. The van der Waals surface area contributed by atoms with Crippen LogP contribution in [-0.4, -0.2) is 56.7 Å². The summed E-state index contributed by atoms with van der Waals surface area (Å²) in [6, 6.07) is 7.82. The van der Waals surface area contributed by atoms with Crippen LogP contribution < -0.4 is 0 Å². The first kappa shape index (κ1) is 18.0. The molecule has 0 saturated carbocycles. The summed E-state index contributed by atoms with van der Waals surface area (Å²) >= 11 is 0. The predicted molar refractivity (Wildman–Crippen MR) is 93.9 cm³/mol. The van der Waals surface area contributed by atoms with Crippen LogP contribution in [0.5, 0.6) is 0 Å². The van der Waals surface area contributed by atoms with Crippen LogP contribution in [-0.2, 0) is 20.9 Å². The molecule has 3 rings (SSSR count). The van der Waals surface area contributed by atoms with Gasteiger partial charge in [0.15, 0.2) is 0 Å². The molecule has 1 aromatic heterocycles. The number of benzene rings is 1. The molecular formula is C18H23N5O3. The first-order valence-corrected chi connectivity index (χ1v) is 8.86. The third-order valence-electron chi connectivity index (χ3n) is 4.51. The highest BCUT2D eigenvalue weighted by atomic mass is 16.5. The van der Waals surface area contributed by atoms with Crippen LogP contribution in [0.15, 0.2) is 24.3 Å². The lowest BCUT2D eigenvalue weighted by Gasteiger charge is -2.30. The maximum atomic E-state index is 12.4. The Kier molecular flexibility index (Phi) is 5.60. The Bertz CT molecular complexity index is 763. The number of hydrogen-bond donors (Lipinski definition) is 0. The molecule has 0 bridgehead atoms. The number of ether oxygens (including phenoxy) is 1. The van der Waals surface area contributed by atoms with Crippen LogP contribution in [0.1, 0.15) is 25.3 Å². The minimum absolute atomic E-state index is 0.0446. The van der Waals surface area contributed by atoms with Gasteiger partial charge in [0.25, 0.3) is 0 Å². The van der Waals surface area contributed by atoms with E-state index in [1.807, 2.05) is 31.2 Å². The maximum absolute atomic E-state index is 12.4. The summed E-state index contributed by atoms with van der Waals surface area (Å²) in [7, 11) is 0. The van der Waals surface area contributed by atoms with Crippen LogP contribution in [0.25, 0.3) is 11.4 Å². The molecule has 1 aliphatic heterocycles. The zero-order valence-corrected chi connectivity index (χ0v) is 15.1. The van der Waals surface area contributed by atoms with E-state index in [1.54, 1.807) is 11.8 Å². The second kappa shape index (κ2) is 8.07. The number of hydrogen-bond acceptors (Lipinski definition) is 6. The summed E-state index contributed by atoms with van der Waals surface area (Å²) in [6.45, 7) is 5.33. The van der Waals surface area contributed by atoms with Crippen LogP contribution in [0.4, 0.5) is 0 Å². The number of likely N-dealkylation sites (tertiary alicyclic amines) is 1. The molecule has 1 fully saturated rings. The van der Waals surface area contributed by atoms with Crippen LogP contribution >= 0.6 is 0 Å². The van der Waals surface area contributed by atoms with Gasteiger partial charge in [0.05, 0.1) is 12.5 Å². The van der Waals surface area contributed by atoms with E-state index in [1.165, 1.54) is 4.80 Å². The Morgan fingerprint density at radius 3 is 2.54 bits per heavy atom. The first-order valence-electron chi connectivity index (χ1n) is 8.86. The van der Waals surface area contributed by atoms with Crippen molar-refractivity contribution < 1.29 is 14.3 Å². The van der Waals surface area contributed by atoms with Crippen molar-refractivity contribution in [3.8, 4) is 11.4 Å². The summed E-state index contributed by atoms with van der Waals surface area (Å²) in [6.07, 6.45) is 1.26. The number of esters is 1. The number of aromatic nitrogens is 4. The number of rotatable bonds is 5. The lowest BCUT2D eigenvalue weighted by molar-refractivity contribution is -0.151. The lowest BCUT2D eigenvalue weighted by atomic mass is 9.97. The minimum Gasteiger partial charge on any atom is -0.466 e. The lowest BCUT2D eigenvalue weighted by Crippen LogP contribution is -2.42. The quantitative estimate of drug-likeness (QED) is 0.753. The average molecular weight is 357 g/mol. The van der Waals surface area contributed by atoms with E-state index in [0.717, 1.165) is 11.1 Å². The zero-order valence-electron chi connectivity index (χ0n) is 15.1. The number of carbonyl (C=O) groups excluding carboxylic acids is 2. The maximum Gasteiger partial charge on any atom is 0.309 e. The highest BCUT2D eigenvalue weighted by Crippen LogP contribution is 2.19. The highest BCUT2D eigenvalue weighted by Gasteiger charge is 2.28. The number of nitrogens with zero attached hydrogens (tertiary/aromatic N) is 5. The van der Waals surface area contributed by atoms with Gasteiger partial charge in [0, 0.05) is 18.7 Å². The second-order valence-corrected chi connectivity index (χ2v) is 6.42. The third kappa shape index (κ3) is 4.25. The van der Waals surface area contributed by atoms with Gasteiger partial charge in [-0.1, -0.05) is 29.8 Å². The van der Waals surface area contributed by atoms with Crippen LogP contribution in [0.2, 0.25) is 0 Å². The van der Waals surface area contributed by atoms with E-state index in [2.05, 4.69) is 15.4 Å². The van der Waals surface area contributed by atoms with E-state index in [4.69, 9.17) is 4.74 Å². The standard InChI is InChI=1S/C18H23N5O3/c1-3-26-18(25)15-8-10-22(11-9-15)16(24)12-23-20-17(19-21-23)14-6-4-13(2)5-7-14/h4-7,15H,3,8-12H2,1-2H3. The number of carbonyl (C=O) groups is 2. The summed E-state index contributed by atoms with van der Waals surface area (Å²) in [5.41, 5.74) is 2.02. The molecule has 1 amide bonds. The van der Waals surface area contributed by atoms with Gasteiger partial charge >= 0.3 is 5.97 Å². The van der Waals surface area contributed by atoms with E-state index in [-0.39, 0.29) is 24.3 Å². The number of aryl methyl sites for hydroxylation is 1. The average Bonchev–Trinajstić information content (AvgIpc) is 3.11. The molecule has 138 valence electrons. The van der Waals surface area contributed by atoms with Crippen molar-refractivity contribution in [2.24, 2.45) is 5.92 Å². The molecule has 0 atom stereocenters. The van der Waals surface area contributed by atoms with Gasteiger partial charge in [-0.2, -0.15) is 4.80 Å². The fourth-order valence-corrected chi connectivity index (χ4v) is 2.97. The number of amides is 1. The molecule has 1 saturated heterocycles. The molecule has 26 heavy (non-hydrogen) atoms. The van der Waals surface area contributed by atoms with E-state index in [9.17, 15) is 9.59 Å². The fraction of sp³-hybridized carbons (Fsp3) is 0.500.